The number of carbonyl (C=O) groups excluding carboxylic acids is 1. The Labute approximate surface area is 124 Å². The summed E-state index contributed by atoms with van der Waals surface area (Å²) in [6, 6.07) is 5.70. The van der Waals surface area contributed by atoms with Crippen LogP contribution >= 0.6 is 0 Å². The summed E-state index contributed by atoms with van der Waals surface area (Å²) in [5.41, 5.74) is 0.472. The molecule has 1 atom stereocenters. The van der Waals surface area contributed by atoms with Crippen LogP contribution in [0.1, 0.15) is 6.42 Å². The second-order valence-corrected chi connectivity index (χ2v) is 5.11. The molecule has 21 heavy (non-hydrogen) atoms. The lowest BCUT2D eigenvalue weighted by atomic mass is 10.1. The van der Waals surface area contributed by atoms with Gasteiger partial charge in [0, 0.05) is 31.8 Å². The summed E-state index contributed by atoms with van der Waals surface area (Å²) in [5, 5.41) is 2.71. The number of hydrogen-bond acceptors (Lipinski definition) is 3. The number of benzene rings is 1. The zero-order chi connectivity index (χ0) is 15.1. The molecule has 0 aliphatic carbocycles. The van der Waals surface area contributed by atoms with Gasteiger partial charge >= 0.3 is 6.03 Å². The van der Waals surface area contributed by atoms with Crippen LogP contribution in [-0.2, 0) is 9.47 Å². The SMILES string of the molecule is COCCOCC1CCN(C(=O)Nc2cccc(F)c2)C1. The molecular weight excluding hydrogens is 275 g/mol. The standard InChI is InChI=1S/C15H21FN2O3/c1-20-7-8-21-11-12-5-6-18(10-12)15(19)17-14-4-2-3-13(16)9-14/h2-4,9,12H,5-8,10-11H2,1H3,(H,17,19). The predicted octanol–water partition coefficient (Wildman–Crippen LogP) is 2.34. The van der Waals surface area contributed by atoms with Crippen molar-refractivity contribution >= 4 is 11.7 Å². The van der Waals surface area contributed by atoms with Gasteiger partial charge in [-0.15, -0.1) is 0 Å². The molecule has 1 saturated heterocycles. The summed E-state index contributed by atoms with van der Waals surface area (Å²) >= 11 is 0. The highest BCUT2D eigenvalue weighted by molar-refractivity contribution is 5.89. The number of rotatable bonds is 6. The molecule has 1 aromatic carbocycles. The Hall–Kier alpha value is -1.66. The number of carbonyl (C=O) groups is 1. The fraction of sp³-hybridized carbons (Fsp3) is 0.533. The summed E-state index contributed by atoms with van der Waals surface area (Å²) in [6.45, 7) is 3.14. The van der Waals surface area contributed by atoms with Crippen molar-refractivity contribution in [3.8, 4) is 0 Å². The van der Waals surface area contributed by atoms with Gasteiger partial charge < -0.3 is 19.7 Å². The molecule has 1 unspecified atom stereocenters. The van der Waals surface area contributed by atoms with Gasteiger partial charge in [-0.25, -0.2) is 9.18 Å². The largest absolute Gasteiger partial charge is 0.382 e. The predicted molar refractivity (Wildman–Crippen MR) is 77.8 cm³/mol. The van der Waals surface area contributed by atoms with Gasteiger partial charge in [0.1, 0.15) is 5.82 Å². The van der Waals surface area contributed by atoms with Crippen molar-refractivity contribution in [2.45, 2.75) is 6.42 Å². The molecule has 0 spiro atoms. The Morgan fingerprint density at radius 3 is 3.10 bits per heavy atom. The smallest absolute Gasteiger partial charge is 0.321 e. The van der Waals surface area contributed by atoms with Crippen LogP contribution in [0.5, 0.6) is 0 Å². The first-order valence-electron chi connectivity index (χ1n) is 7.07. The number of anilines is 1. The van der Waals surface area contributed by atoms with Gasteiger partial charge in [0.2, 0.25) is 0 Å². The summed E-state index contributed by atoms with van der Waals surface area (Å²) in [7, 11) is 1.64. The van der Waals surface area contributed by atoms with E-state index in [0.717, 1.165) is 6.42 Å². The van der Waals surface area contributed by atoms with Crippen LogP contribution in [0.15, 0.2) is 24.3 Å². The van der Waals surface area contributed by atoms with E-state index >= 15 is 0 Å². The van der Waals surface area contributed by atoms with Gasteiger partial charge in [-0.2, -0.15) is 0 Å². The van der Waals surface area contributed by atoms with Crippen molar-refractivity contribution in [2.24, 2.45) is 5.92 Å². The maximum Gasteiger partial charge on any atom is 0.321 e. The van der Waals surface area contributed by atoms with Crippen molar-refractivity contribution in [3.05, 3.63) is 30.1 Å². The van der Waals surface area contributed by atoms with Gasteiger partial charge in [0.15, 0.2) is 0 Å². The third kappa shape index (κ3) is 4.99. The Morgan fingerprint density at radius 1 is 1.48 bits per heavy atom. The molecule has 0 bridgehead atoms. The minimum Gasteiger partial charge on any atom is -0.382 e. The first-order chi connectivity index (χ1) is 10.2. The van der Waals surface area contributed by atoms with Crippen LogP contribution in [0.4, 0.5) is 14.9 Å². The van der Waals surface area contributed by atoms with E-state index in [2.05, 4.69) is 5.32 Å². The van der Waals surface area contributed by atoms with Crippen molar-refractivity contribution in [1.29, 1.82) is 0 Å². The zero-order valence-corrected chi connectivity index (χ0v) is 12.2. The van der Waals surface area contributed by atoms with Crippen LogP contribution in [0, 0.1) is 11.7 Å². The van der Waals surface area contributed by atoms with E-state index in [-0.39, 0.29) is 11.8 Å². The lowest BCUT2D eigenvalue weighted by molar-refractivity contribution is 0.0533. The number of urea groups is 1. The normalized spacial score (nSPS) is 18.0. The fourth-order valence-electron chi connectivity index (χ4n) is 2.31. The molecule has 1 aliphatic heterocycles. The summed E-state index contributed by atoms with van der Waals surface area (Å²) < 4.78 is 23.5. The number of hydrogen-bond donors (Lipinski definition) is 1. The van der Waals surface area contributed by atoms with Crippen LogP contribution in [-0.4, -0.2) is 51.0 Å². The molecule has 1 fully saturated rings. The number of ether oxygens (including phenoxy) is 2. The van der Waals surface area contributed by atoms with Crippen LogP contribution in [0.2, 0.25) is 0 Å². The molecule has 116 valence electrons. The van der Waals surface area contributed by atoms with Crippen molar-refractivity contribution < 1.29 is 18.7 Å². The zero-order valence-electron chi connectivity index (χ0n) is 12.2. The molecule has 2 amide bonds. The van der Waals surface area contributed by atoms with Gasteiger partial charge in [-0.1, -0.05) is 6.07 Å². The first kappa shape index (κ1) is 15.7. The highest BCUT2D eigenvalue weighted by Gasteiger charge is 2.26. The molecule has 0 saturated carbocycles. The van der Waals surface area contributed by atoms with Gasteiger partial charge in [0.25, 0.3) is 0 Å². The lowest BCUT2D eigenvalue weighted by Crippen LogP contribution is -2.33. The fourth-order valence-corrected chi connectivity index (χ4v) is 2.31. The summed E-state index contributed by atoms with van der Waals surface area (Å²) in [6.07, 6.45) is 0.920. The second kappa shape index (κ2) is 7.95. The number of halogens is 1. The Balaban J connectivity index is 1.74. The molecule has 2 rings (SSSR count). The van der Waals surface area contributed by atoms with Crippen molar-refractivity contribution in [2.75, 3.05) is 45.3 Å². The average molecular weight is 296 g/mol. The second-order valence-electron chi connectivity index (χ2n) is 5.11. The quantitative estimate of drug-likeness (QED) is 0.820. The third-order valence-electron chi connectivity index (χ3n) is 3.43. The van der Waals surface area contributed by atoms with E-state index in [9.17, 15) is 9.18 Å². The summed E-state index contributed by atoms with van der Waals surface area (Å²) in [5.74, 6) is -0.0150. The number of methoxy groups -OCH3 is 1. The molecule has 0 radical (unpaired) electrons. The van der Waals surface area contributed by atoms with Gasteiger partial charge in [-0.3, -0.25) is 0 Å². The molecule has 5 nitrogen and oxygen atoms in total. The van der Waals surface area contributed by atoms with E-state index in [1.807, 2.05) is 0 Å². The maximum absolute atomic E-state index is 13.1. The Kier molecular flexibility index (Phi) is 5.95. The van der Waals surface area contributed by atoms with Crippen LogP contribution in [0.3, 0.4) is 0 Å². The Morgan fingerprint density at radius 2 is 2.33 bits per heavy atom. The number of likely N-dealkylation sites (tertiary alicyclic amines) is 1. The third-order valence-corrected chi connectivity index (χ3v) is 3.43. The highest BCUT2D eigenvalue weighted by atomic mass is 19.1. The van der Waals surface area contributed by atoms with E-state index in [1.165, 1.54) is 12.1 Å². The molecular formula is C15H21FN2O3. The molecule has 1 aliphatic rings. The number of nitrogens with one attached hydrogen (secondary N) is 1. The average Bonchev–Trinajstić information content (AvgIpc) is 2.93. The molecule has 0 aromatic heterocycles. The molecule has 1 N–H and O–H groups in total. The van der Waals surface area contributed by atoms with Crippen molar-refractivity contribution in [3.63, 3.8) is 0 Å². The van der Waals surface area contributed by atoms with E-state index in [1.54, 1.807) is 24.1 Å². The molecule has 1 aromatic rings. The topological polar surface area (TPSA) is 50.8 Å². The van der Waals surface area contributed by atoms with Gasteiger partial charge in [-0.05, 0) is 24.6 Å². The Bertz CT molecular complexity index is 470. The van der Waals surface area contributed by atoms with Crippen molar-refractivity contribution in [1.82, 2.24) is 4.90 Å². The highest BCUT2D eigenvalue weighted by Crippen LogP contribution is 2.18. The van der Waals surface area contributed by atoms with E-state index in [4.69, 9.17) is 9.47 Å². The monoisotopic (exact) mass is 296 g/mol. The summed E-state index contributed by atoms with van der Waals surface area (Å²) in [4.78, 5) is 13.8. The van der Waals surface area contributed by atoms with Gasteiger partial charge in [0.05, 0.1) is 19.8 Å². The number of nitrogens with zero attached hydrogens (tertiary/aromatic N) is 1. The first-order valence-corrected chi connectivity index (χ1v) is 7.07. The minimum absolute atomic E-state index is 0.194. The van der Waals surface area contributed by atoms with Crippen LogP contribution in [0.25, 0.3) is 0 Å². The number of amides is 2. The lowest BCUT2D eigenvalue weighted by Gasteiger charge is -2.17. The van der Waals surface area contributed by atoms with E-state index in [0.29, 0.717) is 44.5 Å². The molecule has 1 heterocycles. The van der Waals surface area contributed by atoms with Crippen LogP contribution < -0.4 is 5.32 Å². The molecule has 6 heteroatoms. The maximum atomic E-state index is 13.1. The minimum atomic E-state index is -0.362. The van der Waals surface area contributed by atoms with E-state index < -0.39 is 0 Å².